The predicted molar refractivity (Wildman–Crippen MR) is 61.5 cm³/mol. The van der Waals surface area contributed by atoms with Gasteiger partial charge in [-0.05, 0) is 13.6 Å². The summed E-state index contributed by atoms with van der Waals surface area (Å²) in [4.78, 5) is 2.17. The molecule has 0 saturated carbocycles. The quantitative estimate of drug-likeness (QED) is 0.804. The van der Waals surface area contributed by atoms with Crippen molar-refractivity contribution in [2.24, 2.45) is 0 Å². The molecule has 0 aliphatic carbocycles. The van der Waals surface area contributed by atoms with Crippen LogP contribution in [0, 0.1) is 12.7 Å². The third-order valence-corrected chi connectivity index (χ3v) is 2.59. The minimum atomic E-state index is 0. The van der Waals surface area contributed by atoms with Crippen molar-refractivity contribution in [3.63, 3.8) is 0 Å². The molecule has 1 aliphatic heterocycles. The zero-order valence-corrected chi connectivity index (χ0v) is 12.5. The van der Waals surface area contributed by atoms with E-state index in [1.54, 1.807) is 0 Å². The van der Waals surface area contributed by atoms with Gasteiger partial charge in [0.05, 0.1) is 0 Å². The summed E-state index contributed by atoms with van der Waals surface area (Å²) < 4.78 is 0. The molecule has 1 N–H and O–H groups in total. The van der Waals surface area contributed by atoms with Crippen LogP contribution >= 0.6 is 0 Å². The fraction of sp³-hybridized carbons (Fsp3) is 0.308. The van der Waals surface area contributed by atoms with E-state index in [0.717, 1.165) is 13.0 Å². The summed E-state index contributed by atoms with van der Waals surface area (Å²) in [6.45, 7) is 7.95. The van der Waals surface area contributed by atoms with Crippen LogP contribution in [0.15, 0.2) is 36.9 Å². The molecule has 0 aromatic heterocycles. The Hall–Kier alpha value is -0.0161. The Morgan fingerprint density at radius 1 is 1.38 bits per heavy atom. The van der Waals surface area contributed by atoms with E-state index in [0.29, 0.717) is 6.10 Å². The summed E-state index contributed by atoms with van der Waals surface area (Å²) in [5.74, 6) is 0. The fourth-order valence-corrected chi connectivity index (χ4v) is 1.89. The van der Waals surface area contributed by atoms with Gasteiger partial charge in [-0.2, -0.15) is 6.10 Å². The molecule has 0 bridgehead atoms. The summed E-state index contributed by atoms with van der Waals surface area (Å²) in [7, 11) is 2.04. The number of likely N-dealkylation sites (N-methyl/N-ethyl adjacent to an activating group) is 1. The van der Waals surface area contributed by atoms with E-state index in [4.69, 9.17) is 0 Å². The van der Waals surface area contributed by atoms with Gasteiger partial charge in [0, 0.05) is 32.7 Å². The van der Waals surface area contributed by atoms with E-state index in [9.17, 15) is 5.11 Å². The summed E-state index contributed by atoms with van der Waals surface area (Å²) in [5, 5.41) is 9.69. The van der Waals surface area contributed by atoms with Crippen LogP contribution in [0.3, 0.4) is 0 Å². The number of nitrogens with zero attached hydrogens (tertiary/aromatic N) is 1. The van der Waals surface area contributed by atoms with Crippen molar-refractivity contribution in [1.29, 1.82) is 0 Å². The number of rotatable bonds is 1. The van der Waals surface area contributed by atoms with Crippen molar-refractivity contribution in [3.8, 4) is 0 Å². The van der Waals surface area contributed by atoms with Gasteiger partial charge in [0.2, 0.25) is 0 Å². The second kappa shape index (κ2) is 8.13. The molecule has 0 spiro atoms. The second-order valence-electron chi connectivity index (χ2n) is 3.54. The molecule has 2 rings (SSSR count). The third-order valence-electron chi connectivity index (χ3n) is 2.59. The Balaban J connectivity index is 0.000000711. The number of aliphatic hydroxyl groups is 1. The van der Waals surface area contributed by atoms with Crippen LogP contribution in [-0.4, -0.2) is 23.6 Å². The van der Waals surface area contributed by atoms with Crippen molar-refractivity contribution in [1.82, 2.24) is 4.90 Å². The van der Waals surface area contributed by atoms with Crippen molar-refractivity contribution in [2.75, 3.05) is 13.6 Å². The minimum Gasteiger partial charge on any atom is -0.561 e. The summed E-state index contributed by atoms with van der Waals surface area (Å²) in [5.41, 5.74) is 1.18. The zero-order chi connectivity index (χ0) is 11.3. The Labute approximate surface area is 123 Å². The summed E-state index contributed by atoms with van der Waals surface area (Å²) >= 11 is 0. The van der Waals surface area contributed by atoms with Crippen LogP contribution < -0.4 is 0 Å². The molecule has 1 aromatic rings. The van der Waals surface area contributed by atoms with E-state index in [-0.39, 0.29) is 38.8 Å². The molecular weight excluding hydrogens is 275 g/mol. The molecule has 16 heavy (non-hydrogen) atoms. The first-order valence-corrected chi connectivity index (χ1v) is 5.00. The van der Waals surface area contributed by atoms with Gasteiger partial charge in [0.25, 0.3) is 0 Å². The van der Waals surface area contributed by atoms with Crippen molar-refractivity contribution >= 4 is 0 Å². The molecule has 1 aromatic carbocycles. The molecule has 2 nitrogen and oxygen atoms in total. The molecule has 0 unspecified atom stereocenters. The smallest absolute Gasteiger partial charge is 0 e. The predicted octanol–water partition coefficient (Wildman–Crippen LogP) is 2.57. The van der Waals surface area contributed by atoms with Crippen LogP contribution in [0.25, 0.3) is 0 Å². The number of likely N-dealkylation sites (tertiary alicyclic amines) is 1. The zero-order valence-electron chi connectivity index (χ0n) is 9.63. The van der Waals surface area contributed by atoms with Crippen LogP contribution in [-0.2, 0) is 32.7 Å². The maximum atomic E-state index is 9.69. The molecule has 1 heterocycles. The molecule has 1 aliphatic rings. The van der Waals surface area contributed by atoms with Crippen LogP contribution in [0.5, 0.6) is 0 Å². The topological polar surface area (TPSA) is 23.5 Å². The van der Waals surface area contributed by atoms with Gasteiger partial charge in [-0.3, -0.25) is 6.58 Å². The number of hydrogen-bond acceptors (Lipinski definition) is 2. The molecule has 1 fully saturated rings. The molecular formula is C13H17NOY-2. The molecule has 1 radical (unpaired) electrons. The maximum Gasteiger partial charge on any atom is 0 e. The average Bonchev–Trinajstić information content (AvgIpc) is 2.63. The molecule has 0 amide bonds. The first kappa shape index (κ1) is 16.0. The number of aliphatic hydroxyl groups excluding tert-OH is 1. The van der Waals surface area contributed by atoms with Crippen LogP contribution in [0.2, 0.25) is 0 Å². The molecule has 85 valence electrons. The van der Waals surface area contributed by atoms with Gasteiger partial charge in [0.1, 0.15) is 0 Å². The summed E-state index contributed by atoms with van der Waals surface area (Å²) in [6, 6.07) is 10.2. The average molecular weight is 292 g/mol. The first-order chi connectivity index (χ1) is 7.29. The summed E-state index contributed by atoms with van der Waals surface area (Å²) in [6.07, 6.45) is 1.39. The normalized spacial score (nSPS) is 20.8. The van der Waals surface area contributed by atoms with Gasteiger partial charge in [-0.15, -0.1) is 6.42 Å². The van der Waals surface area contributed by atoms with Gasteiger partial charge in [-0.1, -0.05) is 41.9 Å². The molecule has 1 atom stereocenters. The standard InChI is InChI=1S/C11H14NO.C2H3.Y/c1-12-8-7-10(13)11(12)9-5-3-2-4-6-9;1-2;/h2-6,11,13H,7-8H2,1H3;1H,2H2;/q2*-1;/t11-;;/m0../s1. The van der Waals surface area contributed by atoms with Gasteiger partial charge >= 0.3 is 0 Å². The van der Waals surface area contributed by atoms with Gasteiger partial charge in [0.15, 0.2) is 0 Å². The Bertz CT molecular complexity index is 281. The minimum absolute atomic E-state index is 0. The largest absolute Gasteiger partial charge is 0.561 e. The van der Waals surface area contributed by atoms with Crippen LogP contribution in [0.4, 0.5) is 0 Å². The van der Waals surface area contributed by atoms with E-state index in [1.165, 1.54) is 5.56 Å². The van der Waals surface area contributed by atoms with Crippen LogP contribution in [0.1, 0.15) is 18.0 Å². The third kappa shape index (κ3) is 3.78. The van der Waals surface area contributed by atoms with Gasteiger partial charge in [-0.25, -0.2) is 0 Å². The van der Waals surface area contributed by atoms with E-state index in [2.05, 4.69) is 30.2 Å². The monoisotopic (exact) mass is 292 g/mol. The second-order valence-corrected chi connectivity index (χ2v) is 3.54. The van der Waals surface area contributed by atoms with Crippen molar-refractivity contribution in [3.05, 3.63) is 55.2 Å². The first-order valence-electron chi connectivity index (χ1n) is 5.00. The molecule has 1 saturated heterocycles. The fourth-order valence-electron chi connectivity index (χ4n) is 1.89. The maximum absolute atomic E-state index is 9.69. The van der Waals surface area contributed by atoms with E-state index < -0.39 is 0 Å². The molecule has 3 heteroatoms. The Morgan fingerprint density at radius 2 is 1.94 bits per heavy atom. The van der Waals surface area contributed by atoms with Crippen molar-refractivity contribution in [2.45, 2.75) is 12.5 Å². The van der Waals surface area contributed by atoms with Crippen molar-refractivity contribution < 1.29 is 37.8 Å². The number of hydrogen-bond donors (Lipinski definition) is 1. The number of benzene rings is 1. The Kier molecular flexibility index (Phi) is 8.12. The van der Waals surface area contributed by atoms with Gasteiger partial charge < -0.3 is 16.6 Å². The SMILES string of the molecule is CN1CC[C-](O)[C@@H]1c1ccccc1.[CH-]=C.[Y]. The van der Waals surface area contributed by atoms with E-state index in [1.807, 2.05) is 25.2 Å². The Morgan fingerprint density at radius 3 is 2.38 bits per heavy atom. The van der Waals surface area contributed by atoms with E-state index >= 15 is 0 Å².